The minimum atomic E-state index is -0.640. The minimum Gasteiger partial charge on any atom is -0.507 e. The molecule has 2 aromatic carbocycles. The van der Waals surface area contributed by atoms with Crippen LogP contribution in [0.3, 0.4) is 0 Å². The van der Waals surface area contributed by atoms with Crippen LogP contribution in [-0.2, 0) is 9.59 Å². The van der Waals surface area contributed by atoms with Gasteiger partial charge >= 0.3 is 0 Å². The highest BCUT2D eigenvalue weighted by Crippen LogP contribution is 2.42. The topological polar surface area (TPSA) is 145 Å². The standard InChI is InChI=1S/C20H19N3O6/c24-9-7-21-5-6-22-11-1-2-12(23-8-10-25)16-15(11)19(28)17-13(26)3-4-14(27)18(17)20(16)29/h1-4,9-10,21-23,26-27H,5-8H2. The number of anilines is 2. The maximum Gasteiger partial charge on any atom is 0.200 e. The summed E-state index contributed by atoms with van der Waals surface area (Å²) in [6, 6.07) is 5.43. The Bertz CT molecular complexity index is 1000. The molecule has 2 aromatic rings. The maximum atomic E-state index is 13.2. The van der Waals surface area contributed by atoms with Gasteiger partial charge in [-0.2, -0.15) is 0 Å². The van der Waals surface area contributed by atoms with Gasteiger partial charge in [0.05, 0.1) is 35.3 Å². The third-order valence-corrected chi connectivity index (χ3v) is 4.50. The number of rotatable bonds is 9. The van der Waals surface area contributed by atoms with Gasteiger partial charge in [-0.25, -0.2) is 0 Å². The summed E-state index contributed by atoms with van der Waals surface area (Å²) in [5, 5.41) is 29.0. The first-order valence-corrected chi connectivity index (χ1v) is 8.88. The quantitative estimate of drug-likeness (QED) is 0.200. The lowest BCUT2D eigenvalue weighted by Gasteiger charge is -2.24. The molecule has 0 heterocycles. The second-order valence-electron chi connectivity index (χ2n) is 6.27. The van der Waals surface area contributed by atoms with E-state index in [9.17, 15) is 29.4 Å². The first-order valence-electron chi connectivity index (χ1n) is 8.88. The highest BCUT2D eigenvalue weighted by atomic mass is 16.3. The summed E-state index contributed by atoms with van der Waals surface area (Å²) in [5.41, 5.74) is 0.129. The number of aromatic hydroxyl groups is 2. The monoisotopic (exact) mass is 397 g/mol. The number of benzene rings is 2. The van der Waals surface area contributed by atoms with Gasteiger partial charge in [0.1, 0.15) is 24.1 Å². The number of hydrogen-bond donors (Lipinski definition) is 5. The van der Waals surface area contributed by atoms with E-state index in [0.29, 0.717) is 25.1 Å². The molecule has 0 atom stereocenters. The molecule has 0 aliphatic heterocycles. The Morgan fingerprint density at radius 3 is 1.72 bits per heavy atom. The van der Waals surface area contributed by atoms with E-state index in [4.69, 9.17) is 0 Å². The van der Waals surface area contributed by atoms with Crippen molar-refractivity contribution in [3.05, 3.63) is 46.5 Å². The zero-order valence-electron chi connectivity index (χ0n) is 15.3. The fourth-order valence-corrected chi connectivity index (χ4v) is 3.26. The fraction of sp³-hybridized carbons (Fsp3) is 0.200. The Morgan fingerprint density at radius 1 is 0.690 bits per heavy atom. The molecule has 0 amide bonds. The molecule has 0 radical (unpaired) electrons. The van der Waals surface area contributed by atoms with E-state index in [0.717, 1.165) is 18.4 Å². The summed E-state index contributed by atoms with van der Waals surface area (Å²) in [5.74, 6) is -2.09. The fourth-order valence-electron chi connectivity index (χ4n) is 3.26. The van der Waals surface area contributed by atoms with Gasteiger partial charge in [0.25, 0.3) is 0 Å². The summed E-state index contributed by atoms with van der Waals surface area (Å²) < 4.78 is 0. The summed E-state index contributed by atoms with van der Waals surface area (Å²) >= 11 is 0. The summed E-state index contributed by atoms with van der Waals surface area (Å²) in [4.78, 5) is 47.5. The zero-order chi connectivity index (χ0) is 21.0. The van der Waals surface area contributed by atoms with Crippen LogP contribution in [0.4, 0.5) is 11.4 Å². The van der Waals surface area contributed by atoms with Crippen molar-refractivity contribution in [2.24, 2.45) is 0 Å². The van der Waals surface area contributed by atoms with E-state index >= 15 is 0 Å². The van der Waals surface area contributed by atoms with E-state index in [2.05, 4.69) is 16.0 Å². The smallest absolute Gasteiger partial charge is 0.200 e. The summed E-state index contributed by atoms with van der Waals surface area (Å²) in [6.45, 7) is 0.909. The van der Waals surface area contributed by atoms with Gasteiger partial charge in [0.15, 0.2) is 0 Å². The summed E-state index contributed by atoms with van der Waals surface area (Å²) in [7, 11) is 0. The number of fused-ring (bicyclic) bond motifs is 2. The number of ketones is 2. The molecule has 1 aliphatic carbocycles. The molecule has 9 heteroatoms. The van der Waals surface area contributed by atoms with Gasteiger partial charge in [-0.1, -0.05) is 0 Å². The Morgan fingerprint density at radius 2 is 1.21 bits per heavy atom. The number of nitrogens with one attached hydrogen (secondary N) is 3. The molecule has 150 valence electrons. The molecule has 0 bridgehead atoms. The van der Waals surface area contributed by atoms with Crippen molar-refractivity contribution >= 4 is 35.5 Å². The molecule has 0 saturated carbocycles. The van der Waals surface area contributed by atoms with Crippen molar-refractivity contribution in [3.8, 4) is 11.5 Å². The largest absolute Gasteiger partial charge is 0.507 e. The zero-order valence-corrected chi connectivity index (χ0v) is 15.3. The van der Waals surface area contributed by atoms with Crippen LogP contribution in [0.25, 0.3) is 0 Å². The number of hydrogen-bond acceptors (Lipinski definition) is 9. The molecule has 0 saturated heterocycles. The second-order valence-corrected chi connectivity index (χ2v) is 6.27. The minimum absolute atomic E-state index is 0.0103. The first kappa shape index (κ1) is 20.0. The van der Waals surface area contributed by atoms with Gasteiger partial charge in [-0.3, -0.25) is 9.59 Å². The molecule has 0 fully saturated rings. The van der Waals surface area contributed by atoms with Crippen LogP contribution in [0, 0.1) is 0 Å². The number of phenols is 2. The van der Waals surface area contributed by atoms with E-state index in [1.54, 1.807) is 12.1 Å². The van der Waals surface area contributed by atoms with Crippen LogP contribution in [-0.4, -0.2) is 60.5 Å². The highest BCUT2D eigenvalue weighted by Gasteiger charge is 2.37. The Kier molecular flexibility index (Phi) is 5.89. The lowest BCUT2D eigenvalue weighted by atomic mass is 9.81. The second kappa shape index (κ2) is 8.53. The SMILES string of the molecule is O=CCNCCNc1ccc(NCC=O)c2c1C(=O)c1c(O)ccc(O)c1C2=O. The van der Waals surface area contributed by atoms with Crippen molar-refractivity contribution in [1.29, 1.82) is 0 Å². The van der Waals surface area contributed by atoms with Gasteiger partial charge in [-0.05, 0) is 24.3 Å². The maximum absolute atomic E-state index is 13.2. The van der Waals surface area contributed by atoms with Gasteiger partial charge in [-0.15, -0.1) is 0 Å². The molecule has 1 aliphatic rings. The van der Waals surface area contributed by atoms with Crippen molar-refractivity contribution < 1.29 is 29.4 Å². The molecule has 29 heavy (non-hydrogen) atoms. The van der Waals surface area contributed by atoms with Crippen LogP contribution in [0.1, 0.15) is 31.8 Å². The Labute approximate surface area is 165 Å². The van der Waals surface area contributed by atoms with Gasteiger partial charge < -0.3 is 35.8 Å². The number of carbonyl (C=O) groups excluding carboxylic acids is 4. The van der Waals surface area contributed by atoms with Crippen molar-refractivity contribution in [3.63, 3.8) is 0 Å². The van der Waals surface area contributed by atoms with Crippen LogP contribution in [0.15, 0.2) is 24.3 Å². The predicted molar refractivity (Wildman–Crippen MR) is 105 cm³/mol. The van der Waals surface area contributed by atoms with Crippen LogP contribution < -0.4 is 16.0 Å². The third kappa shape index (κ3) is 3.67. The number of carbonyl (C=O) groups is 4. The molecule has 3 rings (SSSR count). The molecular formula is C20H19N3O6. The first-order chi connectivity index (χ1) is 14.0. The molecule has 0 unspecified atom stereocenters. The highest BCUT2D eigenvalue weighted by molar-refractivity contribution is 6.33. The number of phenolic OH excluding ortho intramolecular Hbond substituents is 2. The Balaban J connectivity index is 2.09. The van der Waals surface area contributed by atoms with Crippen molar-refractivity contribution in [2.45, 2.75) is 0 Å². The molecule has 5 N–H and O–H groups in total. The van der Waals surface area contributed by atoms with E-state index in [1.807, 2.05) is 0 Å². The van der Waals surface area contributed by atoms with Crippen LogP contribution in [0.2, 0.25) is 0 Å². The van der Waals surface area contributed by atoms with Crippen LogP contribution in [0.5, 0.6) is 11.5 Å². The molecule has 0 spiro atoms. The molecule has 0 aromatic heterocycles. The van der Waals surface area contributed by atoms with E-state index in [-0.39, 0.29) is 41.0 Å². The van der Waals surface area contributed by atoms with E-state index < -0.39 is 23.1 Å². The average Bonchev–Trinajstić information content (AvgIpc) is 2.71. The van der Waals surface area contributed by atoms with Crippen molar-refractivity contribution in [1.82, 2.24) is 5.32 Å². The lowest BCUT2D eigenvalue weighted by molar-refractivity contribution is -0.107. The van der Waals surface area contributed by atoms with Gasteiger partial charge in [0, 0.05) is 24.5 Å². The Hall–Kier alpha value is -3.72. The van der Waals surface area contributed by atoms with Crippen LogP contribution >= 0.6 is 0 Å². The normalized spacial score (nSPS) is 12.1. The summed E-state index contributed by atoms with van der Waals surface area (Å²) in [6.07, 6.45) is 1.34. The van der Waals surface area contributed by atoms with E-state index in [1.165, 1.54) is 0 Å². The predicted octanol–water partition coefficient (Wildman–Crippen LogP) is 0.684. The average molecular weight is 397 g/mol. The molecular weight excluding hydrogens is 378 g/mol. The number of aldehydes is 2. The molecule has 9 nitrogen and oxygen atoms in total. The third-order valence-electron chi connectivity index (χ3n) is 4.50. The van der Waals surface area contributed by atoms with Gasteiger partial charge in [0.2, 0.25) is 11.6 Å². The van der Waals surface area contributed by atoms with Crippen molar-refractivity contribution in [2.75, 3.05) is 36.8 Å². The lowest BCUT2D eigenvalue weighted by Crippen LogP contribution is -2.27.